The van der Waals surface area contributed by atoms with Gasteiger partial charge in [-0.05, 0) is 24.7 Å². The molecule has 2 rings (SSSR count). The highest BCUT2D eigenvalue weighted by atomic mass is 35.5. The molecule has 0 radical (unpaired) electrons. The molecule has 1 heterocycles. The Bertz CT molecular complexity index is 125. The Balaban J connectivity index is 0.000000500. The Morgan fingerprint density at radius 3 is 2.50 bits per heavy atom. The van der Waals surface area contributed by atoms with Gasteiger partial charge in [-0.3, -0.25) is 0 Å². The summed E-state index contributed by atoms with van der Waals surface area (Å²) in [5.74, 6) is 0. The Hall–Kier alpha value is 0.210. The van der Waals surface area contributed by atoms with Crippen molar-refractivity contribution < 1.29 is 5.11 Å². The zero-order valence-electron chi connectivity index (χ0n) is 5.97. The number of hydrogen-bond acceptors (Lipinski definition) is 2. The van der Waals surface area contributed by atoms with Crippen LogP contribution in [0.5, 0.6) is 0 Å². The fraction of sp³-hybridized carbons (Fsp3) is 1.00. The van der Waals surface area contributed by atoms with Crippen molar-refractivity contribution in [1.82, 2.24) is 5.32 Å². The van der Waals surface area contributed by atoms with Crippen LogP contribution in [0.25, 0.3) is 0 Å². The molecule has 3 heteroatoms. The number of nitrogens with one attached hydrogen (secondary N) is 1. The van der Waals surface area contributed by atoms with Gasteiger partial charge in [0.1, 0.15) is 0 Å². The minimum Gasteiger partial charge on any atom is -0.392 e. The molecule has 1 atom stereocenters. The van der Waals surface area contributed by atoms with Gasteiger partial charge in [-0.2, -0.15) is 0 Å². The molecule has 0 amide bonds. The van der Waals surface area contributed by atoms with Crippen molar-refractivity contribution in [2.24, 2.45) is 5.41 Å². The SMILES string of the molecule is Cl.O[C@H]1CNCC2(CC2)C1. The maximum Gasteiger partial charge on any atom is 0.0670 e. The monoisotopic (exact) mass is 163 g/mol. The van der Waals surface area contributed by atoms with E-state index >= 15 is 0 Å². The second kappa shape index (κ2) is 2.68. The molecule has 2 N–H and O–H groups in total. The highest BCUT2D eigenvalue weighted by molar-refractivity contribution is 5.85. The van der Waals surface area contributed by atoms with Crippen molar-refractivity contribution >= 4 is 12.4 Å². The molecule has 0 aromatic heterocycles. The zero-order chi connectivity index (χ0) is 6.32. The summed E-state index contributed by atoms with van der Waals surface area (Å²) in [5, 5.41) is 12.5. The summed E-state index contributed by atoms with van der Waals surface area (Å²) in [6, 6.07) is 0. The van der Waals surface area contributed by atoms with Gasteiger partial charge in [-0.25, -0.2) is 0 Å². The quantitative estimate of drug-likeness (QED) is 0.547. The van der Waals surface area contributed by atoms with Crippen LogP contribution in [0.4, 0.5) is 0 Å². The molecule has 0 aromatic carbocycles. The Kier molecular flexibility index (Phi) is 2.23. The van der Waals surface area contributed by atoms with Crippen LogP contribution in [-0.4, -0.2) is 24.3 Å². The summed E-state index contributed by atoms with van der Waals surface area (Å²) in [6.45, 7) is 1.95. The summed E-state index contributed by atoms with van der Waals surface area (Å²) < 4.78 is 0. The van der Waals surface area contributed by atoms with E-state index in [1.54, 1.807) is 0 Å². The average molecular weight is 164 g/mol. The average Bonchev–Trinajstić information content (AvgIpc) is 2.49. The van der Waals surface area contributed by atoms with Gasteiger partial charge in [-0.15, -0.1) is 12.4 Å². The minimum absolute atomic E-state index is 0. The van der Waals surface area contributed by atoms with Crippen LogP contribution in [-0.2, 0) is 0 Å². The normalized spacial score (nSPS) is 35.1. The largest absolute Gasteiger partial charge is 0.392 e. The third kappa shape index (κ3) is 1.44. The Morgan fingerprint density at radius 2 is 2.10 bits per heavy atom. The van der Waals surface area contributed by atoms with Gasteiger partial charge >= 0.3 is 0 Å². The number of β-amino-alcohol motifs (C(OH)–C–C–N with tert-alkyl or cyclic N) is 1. The van der Waals surface area contributed by atoms with Crippen molar-refractivity contribution in [1.29, 1.82) is 0 Å². The van der Waals surface area contributed by atoms with Gasteiger partial charge < -0.3 is 10.4 Å². The topological polar surface area (TPSA) is 32.3 Å². The van der Waals surface area contributed by atoms with E-state index in [2.05, 4.69) is 5.32 Å². The van der Waals surface area contributed by atoms with Gasteiger partial charge in [0.05, 0.1) is 6.10 Å². The van der Waals surface area contributed by atoms with Gasteiger partial charge in [0.25, 0.3) is 0 Å². The molecule has 0 bridgehead atoms. The second-order valence-corrected chi connectivity index (χ2v) is 3.49. The lowest BCUT2D eigenvalue weighted by molar-refractivity contribution is 0.106. The van der Waals surface area contributed by atoms with E-state index in [1.807, 2.05) is 0 Å². The van der Waals surface area contributed by atoms with Crippen molar-refractivity contribution in [2.75, 3.05) is 13.1 Å². The first-order valence-electron chi connectivity index (χ1n) is 3.70. The summed E-state index contributed by atoms with van der Waals surface area (Å²) in [4.78, 5) is 0. The first kappa shape index (κ1) is 8.31. The summed E-state index contributed by atoms with van der Waals surface area (Å²) >= 11 is 0. The predicted molar refractivity (Wildman–Crippen MR) is 42.4 cm³/mol. The molecule has 1 saturated heterocycles. The molecule has 0 aromatic rings. The maximum atomic E-state index is 9.22. The molecule has 1 saturated carbocycles. The highest BCUT2D eigenvalue weighted by Crippen LogP contribution is 2.50. The molecule has 1 aliphatic heterocycles. The fourth-order valence-electron chi connectivity index (χ4n) is 1.71. The van der Waals surface area contributed by atoms with E-state index in [4.69, 9.17) is 0 Å². The smallest absolute Gasteiger partial charge is 0.0670 e. The third-order valence-electron chi connectivity index (χ3n) is 2.51. The second-order valence-electron chi connectivity index (χ2n) is 3.49. The lowest BCUT2D eigenvalue weighted by Gasteiger charge is -2.26. The molecule has 2 aliphatic rings. The van der Waals surface area contributed by atoms with E-state index in [1.165, 1.54) is 12.8 Å². The van der Waals surface area contributed by atoms with E-state index in [9.17, 15) is 5.11 Å². The number of hydrogen-bond donors (Lipinski definition) is 2. The number of aliphatic hydroxyl groups is 1. The van der Waals surface area contributed by atoms with Gasteiger partial charge in [-0.1, -0.05) is 0 Å². The lowest BCUT2D eigenvalue weighted by atomic mass is 9.95. The standard InChI is InChI=1S/C7H13NO.ClH/c9-6-3-7(1-2-7)5-8-4-6;/h6,8-9H,1-5H2;1H/t6-;/m1./s1. The summed E-state index contributed by atoms with van der Waals surface area (Å²) in [5.41, 5.74) is 0.539. The Labute approximate surface area is 67.4 Å². The predicted octanol–water partition coefficient (Wildman–Crippen LogP) is 0.543. The zero-order valence-corrected chi connectivity index (χ0v) is 6.78. The fourth-order valence-corrected chi connectivity index (χ4v) is 1.71. The molecule has 0 unspecified atom stereocenters. The van der Waals surface area contributed by atoms with E-state index in [0.29, 0.717) is 5.41 Å². The van der Waals surface area contributed by atoms with Crippen LogP contribution in [0.2, 0.25) is 0 Å². The van der Waals surface area contributed by atoms with Crippen LogP contribution in [0.1, 0.15) is 19.3 Å². The number of piperidine rings is 1. The molecule has 10 heavy (non-hydrogen) atoms. The van der Waals surface area contributed by atoms with Crippen LogP contribution in [0.15, 0.2) is 0 Å². The van der Waals surface area contributed by atoms with Gasteiger partial charge in [0.2, 0.25) is 0 Å². The molecular weight excluding hydrogens is 150 g/mol. The van der Waals surface area contributed by atoms with E-state index < -0.39 is 0 Å². The number of aliphatic hydroxyl groups excluding tert-OH is 1. The van der Waals surface area contributed by atoms with E-state index in [0.717, 1.165) is 19.5 Å². The lowest BCUT2D eigenvalue weighted by Crippen LogP contribution is -2.40. The van der Waals surface area contributed by atoms with Crippen LogP contribution < -0.4 is 5.32 Å². The minimum atomic E-state index is -0.0683. The number of halogens is 1. The summed E-state index contributed by atoms with van der Waals surface area (Å²) in [6.07, 6.45) is 3.63. The van der Waals surface area contributed by atoms with Crippen LogP contribution >= 0.6 is 12.4 Å². The van der Waals surface area contributed by atoms with Crippen molar-refractivity contribution in [3.63, 3.8) is 0 Å². The first-order valence-corrected chi connectivity index (χ1v) is 3.70. The molecule has 2 nitrogen and oxygen atoms in total. The van der Waals surface area contributed by atoms with E-state index in [-0.39, 0.29) is 18.5 Å². The highest BCUT2D eigenvalue weighted by Gasteiger charge is 2.45. The molecule has 1 spiro atoms. The van der Waals surface area contributed by atoms with Gasteiger partial charge in [0.15, 0.2) is 0 Å². The maximum absolute atomic E-state index is 9.22. The molecule has 60 valence electrons. The molecule has 2 fully saturated rings. The molecule has 1 aliphatic carbocycles. The van der Waals surface area contributed by atoms with Gasteiger partial charge in [0, 0.05) is 13.1 Å². The molecular formula is C7H14ClNO. The van der Waals surface area contributed by atoms with Crippen molar-refractivity contribution in [3.8, 4) is 0 Å². The third-order valence-corrected chi connectivity index (χ3v) is 2.51. The van der Waals surface area contributed by atoms with Crippen LogP contribution in [0.3, 0.4) is 0 Å². The van der Waals surface area contributed by atoms with Crippen molar-refractivity contribution in [2.45, 2.75) is 25.4 Å². The first-order chi connectivity index (χ1) is 4.31. The van der Waals surface area contributed by atoms with Crippen molar-refractivity contribution in [3.05, 3.63) is 0 Å². The van der Waals surface area contributed by atoms with Crippen LogP contribution in [0, 0.1) is 5.41 Å². The summed E-state index contributed by atoms with van der Waals surface area (Å²) in [7, 11) is 0. The Morgan fingerprint density at radius 1 is 1.40 bits per heavy atom. The number of rotatable bonds is 0.